The first-order chi connectivity index (χ1) is 12.0. The van der Waals surface area contributed by atoms with Gasteiger partial charge in [-0.1, -0.05) is 19.1 Å². The number of hydrogen-bond acceptors (Lipinski definition) is 3. The van der Waals surface area contributed by atoms with E-state index in [9.17, 15) is 14.7 Å². The number of nitrogens with one attached hydrogen (secondary N) is 1. The van der Waals surface area contributed by atoms with Crippen LogP contribution in [0.3, 0.4) is 0 Å². The number of nitrogens with zero attached hydrogens (tertiary/aromatic N) is 1. The van der Waals surface area contributed by atoms with Crippen molar-refractivity contribution < 1.29 is 14.7 Å². The molecular formula is C20H28N2O3. The molecule has 2 N–H and O–H groups in total. The summed E-state index contributed by atoms with van der Waals surface area (Å²) in [6.45, 7) is 4.66. The van der Waals surface area contributed by atoms with Gasteiger partial charge in [-0.05, 0) is 55.7 Å². The van der Waals surface area contributed by atoms with Gasteiger partial charge < -0.3 is 15.3 Å². The summed E-state index contributed by atoms with van der Waals surface area (Å²) in [6, 6.07) is 5.83. The Morgan fingerprint density at radius 2 is 2.00 bits per heavy atom. The van der Waals surface area contributed by atoms with Crippen molar-refractivity contribution in [3.8, 4) is 0 Å². The summed E-state index contributed by atoms with van der Waals surface area (Å²) in [5.74, 6) is 0.470. The lowest BCUT2D eigenvalue weighted by Gasteiger charge is -2.33. The Morgan fingerprint density at radius 3 is 2.68 bits per heavy atom. The van der Waals surface area contributed by atoms with Crippen molar-refractivity contribution in [1.82, 2.24) is 4.90 Å². The quantitative estimate of drug-likeness (QED) is 0.882. The van der Waals surface area contributed by atoms with Gasteiger partial charge in [0.2, 0.25) is 11.8 Å². The smallest absolute Gasteiger partial charge is 0.229 e. The summed E-state index contributed by atoms with van der Waals surface area (Å²) in [5, 5.41) is 12.2. The van der Waals surface area contributed by atoms with E-state index in [1.54, 1.807) is 6.07 Å². The number of aliphatic hydroxyl groups is 1. The van der Waals surface area contributed by atoms with Crippen LogP contribution in [-0.2, 0) is 16.2 Å². The third-order valence-electron chi connectivity index (χ3n) is 5.70. The van der Waals surface area contributed by atoms with Crippen LogP contribution < -0.4 is 5.32 Å². The van der Waals surface area contributed by atoms with E-state index < -0.39 is 0 Å². The number of hydrogen-bond donors (Lipinski definition) is 2. The molecule has 5 nitrogen and oxygen atoms in total. The molecule has 1 aromatic rings. The highest BCUT2D eigenvalue weighted by Crippen LogP contribution is 2.31. The first-order valence-electron chi connectivity index (χ1n) is 9.28. The molecule has 0 radical (unpaired) electrons. The highest BCUT2D eigenvalue weighted by atomic mass is 16.3. The number of benzene rings is 1. The number of carbonyl (C=O) groups is 2. The van der Waals surface area contributed by atoms with Gasteiger partial charge in [-0.15, -0.1) is 0 Å². The molecule has 1 unspecified atom stereocenters. The van der Waals surface area contributed by atoms with Crippen LogP contribution in [0.1, 0.15) is 50.2 Å². The molecule has 1 aromatic carbocycles. The Bertz CT molecular complexity index is 650. The van der Waals surface area contributed by atoms with Gasteiger partial charge in [0.15, 0.2) is 0 Å². The van der Waals surface area contributed by atoms with Crippen LogP contribution in [0, 0.1) is 18.8 Å². The maximum atomic E-state index is 12.6. The minimum absolute atomic E-state index is 0.0566. The van der Waals surface area contributed by atoms with Crippen LogP contribution in [0.2, 0.25) is 0 Å². The van der Waals surface area contributed by atoms with Crippen LogP contribution in [-0.4, -0.2) is 34.4 Å². The standard InChI is InChI=1S/C20H28N2O3/c1-13-3-7-17(8-4-13)22-11-16(10-19(22)24)20(25)21-18-9-15(12-23)6-5-14(18)2/h5-6,9,13,16-17,23H,3-4,7-8,10-12H2,1-2H3,(H,21,25). The Hall–Kier alpha value is -1.88. The maximum Gasteiger partial charge on any atom is 0.229 e. The first-order valence-corrected chi connectivity index (χ1v) is 9.28. The molecule has 2 fully saturated rings. The summed E-state index contributed by atoms with van der Waals surface area (Å²) in [5.41, 5.74) is 2.43. The first kappa shape index (κ1) is 17.9. The highest BCUT2D eigenvalue weighted by Gasteiger charge is 2.38. The molecule has 0 spiro atoms. The molecule has 2 amide bonds. The lowest BCUT2D eigenvalue weighted by atomic mass is 9.87. The van der Waals surface area contributed by atoms with Crippen LogP contribution in [0.25, 0.3) is 0 Å². The summed E-state index contributed by atoms with van der Waals surface area (Å²) >= 11 is 0. The number of rotatable bonds is 4. The third kappa shape index (κ3) is 4.03. The average Bonchev–Trinajstić information content (AvgIpc) is 2.99. The Kier molecular flexibility index (Phi) is 5.42. The zero-order valence-electron chi connectivity index (χ0n) is 15.1. The van der Waals surface area contributed by atoms with E-state index in [1.807, 2.05) is 24.0 Å². The second-order valence-electron chi connectivity index (χ2n) is 7.66. The molecule has 1 aliphatic carbocycles. The van der Waals surface area contributed by atoms with E-state index in [2.05, 4.69) is 12.2 Å². The molecule has 1 heterocycles. The number of amides is 2. The second kappa shape index (κ2) is 7.56. The molecule has 1 aliphatic heterocycles. The topological polar surface area (TPSA) is 69.6 Å². The molecule has 1 saturated heterocycles. The molecule has 136 valence electrons. The van der Waals surface area contributed by atoms with Gasteiger partial charge in [-0.25, -0.2) is 0 Å². The molecule has 1 atom stereocenters. The van der Waals surface area contributed by atoms with Crippen LogP contribution in [0.5, 0.6) is 0 Å². The minimum atomic E-state index is -0.288. The number of aliphatic hydroxyl groups excluding tert-OH is 1. The van der Waals surface area contributed by atoms with Crippen molar-refractivity contribution in [3.05, 3.63) is 29.3 Å². The molecule has 0 bridgehead atoms. The predicted molar refractivity (Wildman–Crippen MR) is 97.0 cm³/mol. The lowest BCUT2D eigenvalue weighted by Crippen LogP contribution is -2.39. The monoisotopic (exact) mass is 344 g/mol. The van der Waals surface area contributed by atoms with E-state index in [0.29, 0.717) is 24.7 Å². The molecule has 2 aliphatic rings. The van der Waals surface area contributed by atoms with Gasteiger partial charge in [0, 0.05) is 24.7 Å². The van der Waals surface area contributed by atoms with E-state index in [0.717, 1.165) is 29.9 Å². The molecule has 0 aromatic heterocycles. The summed E-state index contributed by atoms with van der Waals surface area (Å²) in [4.78, 5) is 27.0. The van der Waals surface area contributed by atoms with Gasteiger partial charge >= 0.3 is 0 Å². The fourth-order valence-electron chi connectivity index (χ4n) is 3.95. The van der Waals surface area contributed by atoms with Crippen molar-refractivity contribution in [3.63, 3.8) is 0 Å². The molecule has 5 heteroatoms. The normalized spacial score (nSPS) is 26.8. The second-order valence-corrected chi connectivity index (χ2v) is 7.66. The van der Waals surface area contributed by atoms with Gasteiger partial charge in [0.1, 0.15) is 0 Å². The Morgan fingerprint density at radius 1 is 1.28 bits per heavy atom. The minimum Gasteiger partial charge on any atom is -0.392 e. The Balaban J connectivity index is 1.63. The Labute approximate surface area is 149 Å². The highest BCUT2D eigenvalue weighted by molar-refractivity contribution is 5.97. The fourth-order valence-corrected chi connectivity index (χ4v) is 3.95. The number of carbonyl (C=O) groups excluding carboxylic acids is 2. The van der Waals surface area contributed by atoms with Crippen LogP contribution >= 0.6 is 0 Å². The van der Waals surface area contributed by atoms with Gasteiger partial charge in [0.05, 0.1) is 12.5 Å². The van der Waals surface area contributed by atoms with Crippen molar-refractivity contribution in [2.24, 2.45) is 11.8 Å². The lowest BCUT2D eigenvalue weighted by molar-refractivity contribution is -0.130. The summed E-state index contributed by atoms with van der Waals surface area (Å²) in [7, 11) is 0. The SMILES string of the molecule is Cc1ccc(CO)cc1NC(=O)C1CC(=O)N(C2CCC(C)CC2)C1. The maximum absolute atomic E-state index is 12.6. The van der Waals surface area contributed by atoms with Crippen molar-refractivity contribution in [2.45, 2.75) is 58.6 Å². The van der Waals surface area contributed by atoms with Crippen LogP contribution in [0.15, 0.2) is 18.2 Å². The van der Waals surface area contributed by atoms with Crippen molar-refractivity contribution in [1.29, 1.82) is 0 Å². The van der Waals surface area contributed by atoms with Gasteiger partial charge in [-0.2, -0.15) is 0 Å². The fraction of sp³-hybridized carbons (Fsp3) is 0.600. The zero-order chi connectivity index (χ0) is 18.0. The largest absolute Gasteiger partial charge is 0.392 e. The van der Waals surface area contributed by atoms with E-state index >= 15 is 0 Å². The summed E-state index contributed by atoms with van der Waals surface area (Å²) in [6.07, 6.45) is 4.74. The third-order valence-corrected chi connectivity index (χ3v) is 5.70. The van der Waals surface area contributed by atoms with Gasteiger partial charge in [0.25, 0.3) is 0 Å². The van der Waals surface area contributed by atoms with Crippen LogP contribution in [0.4, 0.5) is 5.69 Å². The van der Waals surface area contributed by atoms with Crippen molar-refractivity contribution >= 4 is 17.5 Å². The van der Waals surface area contributed by atoms with Gasteiger partial charge in [-0.3, -0.25) is 9.59 Å². The predicted octanol–water partition coefficient (Wildman–Crippen LogP) is 2.85. The number of likely N-dealkylation sites (tertiary alicyclic amines) is 1. The number of anilines is 1. The zero-order valence-corrected chi connectivity index (χ0v) is 15.1. The van der Waals surface area contributed by atoms with E-state index in [-0.39, 0.29) is 24.3 Å². The van der Waals surface area contributed by atoms with Crippen molar-refractivity contribution in [2.75, 3.05) is 11.9 Å². The van der Waals surface area contributed by atoms with E-state index in [4.69, 9.17) is 0 Å². The molecular weight excluding hydrogens is 316 g/mol. The molecule has 1 saturated carbocycles. The average molecular weight is 344 g/mol. The summed E-state index contributed by atoms with van der Waals surface area (Å²) < 4.78 is 0. The molecule has 25 heavy (non-hydrogen) atoms. The number of aryl methyl sites for hydroxylation is 1. The van der Waals surface area contributed by atoms with E-state index in [1.165, 1.54) is 12.8 Å². The molecule has 3 rings (SSSR count).